The van der Waals surface area contributed by atoms with Gasteiger partial charge in [0.2, 0.25) is 0 Å². The first-order valence-corrected chi connectivity index (χ1v) is 7.38. The number of nitrogens with one attached hydrogen (secondary N) is 2. The number of anilines is 2. The Hall–Kier alpha value is -1.39. The monoisotopic (exact) mass is 283 g/mol. The molecule has 1 aromatic rings. The largest absolute Gasteiger partial charge is 0.368 e. The fourth-order valence-corrected chi connectivity index (χ4v) is 2.66. The summed E-state index contributed by atoms with van der Waals surface area (Å²) >= 11 is 0. The third kappa shape index (κ3) is 3.58. The Kier molecular flexibility index (Phi) is 4.78. The highest BCUT2D eigenvalue weighted by molar-refractivity contribution is 5.47. The van der Waals surface area contributed by atoms with Crippen LogP contribution in [0.1, 0.15) is 46.0 Å². The van der Waals surface area contributed by atoms with Crippen LogP contribution in [0.5, 0.6) is 0 Å². The van der Waals surface area contributed by atoms with E-state index in [0.29, 0.717) is 13.1 Å². The van der Waals surface area contributed by atoms with E-state index in [4.69, 9.17) is 0 Å². The van der Waals surface area contributed by atoms with E-state index in [2.05, 4.69) is 22.5 Å². The normalized spacial score (nSPS) is 17.2. The van der Waals surface area contributed by atoms with Crippen LogP contribution >= 0.6 is 0 Å². The lowest BCUT2D eigenvalue weighted by Gasteiger charge is -2.24. The quantitative estimate of drug-likeness (QED) is 0.822. The van der Waals surface area contributed by atoms with Gasteiger partial charge in [0.15, 0.2) is 23.3 Å². The second kappa shape index (κ2) is 6.37. The van der Waals surface area contributed by atoms with Gasteiger partial charge in [0.25, 0.3) is 0 Å². The van der Waals surface area contributed by atoms with Crippen molar-refractivity contribution in [3.63, 3.8) is 0 Å². The van der Waals surface area contributed by atoms with Crippen molar-refractivity contribution >= 4 is 11.6 Å². The van der Waals surface area contributed by atoms with E-state index in [9.17, 15) is 8.78 Å². The predicted molar refractivity (Wildman–Crippen MR) is 78.0 cm³/mol. The van der Waals surface area contributed by atoms with E-state index >= 15 is 0 Å². The topological polar surface area (TPSA) is 37.0 Å². The summed E-state index contributed by atoms with van der Waals surface area (Å²) in [7, 11) is 0. The molecule has 1 saturated carbocycles. The number of pyridine rings is 1. The molecule has 0 amide bonds. The van der Waals surface area contributed by atoms with E-state index < -0.39 is 11.6 Å². The van der Waals surface area contributed by atoms with E-state index in [0.717, 1.165) is 25.3 Å². The minimum Gasteiger partial charge on any atom is -0.368 e. The zero-order valence-electron chi connectivity index (χ0n) is 12.2. The van der Waals surface area contributed by atoms with Gasteiger partial charge in [0.05, 0.1) is 0 Å². The smallest absolute Gasteiger partial charge is 0.168 e. The van der Waals surface area contributed by atoms with E-state index in [-0.39, 0.29) is 17.1 Å². The van der Waals surface area contributed by atoms with Crippen molar-refractivity contribution in [3.8, 4) is 0 Å². The van der Waals surface area contributed by atoms with Gasteiger partial charge in [0.1, 0.15) is 0 Å². The first-order chi connectivity index (χ1) is 9.54. The molecule has 0 aliphatic heterocycles. The molecule has 1 aliphatic carbocycles. The van der Waals surface area contributed by atoms with Crippen molar-refractivity contribution in [1.29, 1.82) is 0 Å². The van der Waals surface area contributed by atoms with Crippen LogP contribution in [-0.2, 0) is 0 Å². The minimum atomic E-state index is -0.645. The van der Waals surface area contributed by atoms with Gasteiger partial charge in [-0.05, 0) is 24.7 Å². The molecular weight excluding hydrogens is 260 g/mol. The van der Waals surface area contributed by atoms with Crippen molar-refractivity contribution in [2.45, 2.75) is 46.0 Å². The molecule has 0 bridgehead atoms. The summed E-state index contributed by atoms with van der Waals surface area (Å²) in [6.45, 7) is 5.47. The predicted octanol–water partition coefficient (Wildman–Crippen LogP) is 4.17. The number of rotatable bonds is 6. The number of hydrogen-bond acceptors (Lipinski definition) is 3. The van der Waals surface area contributed by atoms with Crippen molar-refractivity contribution < 1.29 is 8.78 Å². The fourth-order valence-electron chi connectivity index (χ4n) is 2.66. The average Bonchev–Trinajstić information content (AvgIpc) is 2.84. The Morgan fingerprint density at radius 2 is 1.75 bits per heavy atom. The number of nitrogens with zero attached hydrogens (tertiary/aromatic N) is 1. The number of halogens is 2. The van der Waals surface area contributed by atoms with E-state index in [1.54, 1.807) is 0 Å². The second-order valence-electron chi connectivity index (χ2n) is 5.95. The Labute approximate surface area is 119 Å². The summed E-state index contributed by atoms with van der Waals surface area (Å²) < 4.78 is 27.3. The van der Waals surface area contributed by atoms with Crippen LogP contribution in [-0.4, -0.2) is 18.1 Å². The summed E-state index contributed by atoms with van der Waals surface area (Å²) in [6.07, 6.45) is 5.59. The molecule has 0 saturated heterocycles. The van der Waals surface area contributed by atoms with Crippen molar-refractivity contribution in [2.75, 3.05) is 23.7 Å². The number of hydrogen-bond donors (Lipinski definition) is 2. The van der Waals surface area contributed by atoms with Crippen LogP contribution in [0.4, 0.5) is 20.4 Å². The lowest BCUT2D eigenvalue weighted by atomic mass is 9.89. The molecule has 0 spiro atoms. The van der Waals surface area contributed by atoms with Crippen LogP contribution in [0.3, 0.4) is 0 Å². The van der Waals surface area contributed by atoms with Gasteiger partial charge >= 0.3 is 0 Å². The Morgan fingerprint density at radius 3 is 2.35 bits per heavy atom. The molecule has 0 atom stereocenters. The van der Waals surface area contributed by atoms with Gasteiger partial charge in [-0.15, -0.1) is 0 Å². The van der Waals surface area contributed by atoms with Crippen molar-refractivity contribution in [1.82, 2.24) is 4.98 Å². The molecule has 1 aliphatic rings. The van der Waals surface area contributed by atoms with Gasteiger partial charge in [-0.1, -0.05) is 26.7 Å². The fraction of sp³-hybridized carbons (Fsp3) is 0.667. The highest BCUT2D eigenvalue weighted by atomic mass is 19.1. The summed E-state index contributed by atoms with van der Waals surface area (Å²) in [5.74, 6) is -1.02. The second-order valence-corrected chi connectivity index (χ2v) is 5.95. The molecule has 0 unspecified atom stereocenters. The Morgan fingerprint density at radius 1 is 1.15 bits per heavy atom. The summed E-state index contributed by atoms with van der Waals surface area (Å²) in [5.41, 5.74) is 0.194. The minimum absolute atomic E-state index is 0.118. The molecule has 0 radical (unpaired) electrons. The molecule has 3 nitrogen and oxygen atoms in total. The van der Waals surface area contributed by atoms with E-state index in [1.807, 2.05) is 6.92 Å². The van der Waals surface area contributed by atoms with Crippen LogP contribution in [0.25, 0.3) is 0 Å². The standard InChI is InChI=1S/C15H23F2N3/c1-3-8-18-13-11(16)9-12(17)14(20-13)19-10-15(2)6-4-5-7-15/h9H,3-8,10H2,1-2H3,(H2,18,19,20). The molecule has 112 valence electrons. The molecule has 20 heavy (non-hydrogen) atoms. The average molecular weight is 283 g/mol. The van der Waals surface area contributed by atoms with E-state index in [1.165, 1.54) is 12.8 Å². The van der Waals surface area contributed by atoms with Gasteiger partial charge in [0, 0.05) is 19.2 Å². The van der Waals surface area contributed by atoms with Gasteiger partial charge in [-0.25, -0.2) is 13.8 Å². The maximum absolute atomic E-state index is 13.8. The van der Waals surface area contributed by atoms with Crippen LogP contribution in [0.15, 0.2) is 6.07 Å². The lowest BCUT2D eigenvalue weighted by molar-refractivity contribution is 0.361. The first-order valence-electron chi connectivity index (χ1n) is 7.38. The molecule has 2 N–H and O–H groups in total. The highest BCUT2D eigenvalue weighted by Gasteiger charge is 2.28. The lowest BCUT2D eigenvalue weighted by Crippen LogP contribution is -2.24. The molecular formula is C15H23F2N3. The zero-order chi connectivity index (χ0) is 14.6. The van der Waals surface area contributed by atoms with Crippen molar-refractivity contribution in [3.05, 3.63) is 17.7 Å². The third-order valence-corrected chi connectivity index (χ3v) is 3.97. The molecule has 2 rings (SSSR count). The Bertz CT molecular complexity index is 457. The molecule has 1 fully saturated rings. The Balaban J connectivity index is 2.06. The van der Waals surface area contributed by atoms with Gasteiger partial charge < -0.3 is 10.6 Å². The summed E-state index contributed by atoms with van der Waals surface area (Å²) in [6, 6.07) is 0.893. The van der Waals surface area contributed by atoms with Gasteiger partial charge in [-0.3, -0.25) is 0 Å². The molecule has 1 aromatic heterocycles. The maximum atomic E-state index is 13.8. The summed E-state index contributed by atoms with van der Waals surface area (Å²) in [4.78, 5) is 4.03. The first kappa shape index (κ1) is 15.0. The molecule has 0 aromatic carbocycles. The highest BCUT2D eigenvalue weighted by Crippen LogP contribution is 2.37. The summed E-state index contributed by atoms with van der Waals surface area (Å²) in [5, 5.41) is 5.92. The number of aromatic nitrogens is 1. The van der Waals surface area contributed by atoms with Gasteiger partial charge in [-0.2, -0.15) is 0 Å². The third-order valence-electron chi connectivity index (χ3n) is 3.97. The van der Waals surface area contributed by atoms with Crippen LogP contribution in [0.2, 0.25) is 0 Å². The molecule has 5 heteroatoms. The van der Waals surface area contributed by atoms with Crippen LogP contribution in [0, 0.1) is 17.0 Å². The molecule has 1 heterocycles. The zero-order valence-corrected chi connectivity index (χ0v) is 12.2. The SMILES string of the molecule is CCCNc1nc(NCC2(C)CCCC2)c(F)cc1F. The van der Waals surface area contributed by atoms with Crippen molar-refractivity contribution in [2.24, 2.45) is 5.41 Å². The maximum Gasteiger partial charge on any atom is 0.168 e. The van der Waals surface area contributed by atoms with Crippen LogP contribution < -0.4 is 10.6 Å².